The number of hydrogen-bond acceptors (Lipinski definition) is 3. The van der Waals surface area contributed by atoms with Gasteiger partial charge in [0, 0.05) is 0 Å². The van der Waals surface area contributed by atoms with Crippen LogP contribution in [0.1, 0.15) is 60.0 Å². The summed E-state index contributed by atoms with van der Waals surface area (Å²) in [6, 6.07) is 16.4. The molecule has 0 saturated heterocycles. The fourth-order valence-corrected chi connectivity index (χ4v) is 3.25. The van der Waals surface area contributed by atoms with Crippen molar-refractivity contribution in [2.24, 2.45) is 5.92 Å². The SMILES string of the molecule is CC1CCC(c2ccc(C(=O)Oc3ccc(C#N)cc3)cc2)CC1. The molecule has 0 radical (unpaired) electrons. The number of esters is 1. The van der Waals surface area contributed by atoms with Crippen LogP contribution in [0.5, 0.6) is 5.75 Å². The number of hydrogen-bond donors (Lipinski definition) is 0. The van der Waals surface area contributed by atoms with Crippen molar-refractivity contribution >= 4 is 5.97 Å². The van der Waals surface area contributed by atoms with Crippen LogP contribution < -0.4 is 4.74 Å². The molecule has 1 aliphatic carbocycles. The minimum atomic E-state index is -0.372. The van der Waals surface area contributed by atoms with E-state index in [-0.39, 0.29) is 5.97 Å². The van der Waals surface area contributed by atoms with Crippen LogP contribution in [0.15, 0.2) is 48.5 Å². The molecule has 0 spiro atoms. The maximum atomic E-state index is 12.2. The summed E-state index contributed by atoms with van der Waals surface area (Å²) in [7, 11) is 0. The van der Waals surface area contributed by atoms with E-state index in [1.54, 1.807) is 24.3 Å². The molecule has 2 aromatic carbocycles. The molecule has 1 aliphatic rings. The molecule has 0 heterocycles. The van der Waals surface area contributed by atoms with E-state index in [2.05, 4.69) is 19.1 Å². The number of ether oxygens (including phenoxy) is 1. The zero-order valence-corrected chi connectivity index (χ0v) is 13.9. The van der Waals surface area contributed by atoms with E-state index in [0.29, 0.717) is 22.8 Å². The number of rotatable bonds is 3. The molecule has 3 heteroatoms. The van der Waals surface area contributed by atoms with Crippen molar-refractivity contribution in [2.45, 2.75) is 38.5 Å². The summed E-state index contributed by atoms with van der Waals surface area (Å²) in [6.45, 7) is 2.32. The van der Waals surface area contributed by atoms with Gasteiger partial charge in [-0.3, -0.25) is 0 Å². The molecular weight excluding hydrogens is 298 g/mol. The monoisotopic (exact) mass is 319 g/mol. The predicted octanol–water partition coefficient (Wildman–Crippen LogP) is 5.07. The van der Waals surface area contributed by atoms with Crippen molar-refractivity contribution in [3.05, 3.63) is 65.2 Å². The topological polar surface area (TPSA) is 50.1 Å². The fraction of sp³-hybridized carbons (Fsp3) is 0.333. The summed E-state index contributed by atoms with van der Waals surface area (Å²) in [4.78, 5) is 12.2. The highest BCUT2D eigenvalue weighted by Gasteiger charge is 2.20. The van der Waals surface area contributed by atoms with Gasteiger partial charge in [-0.2, -0.15) is 5.26 Å². The zero-order chi connectivity index (χ0) is 16.9. The van der Waals surface area contributed by atoms with E-state index < -0.39 is 0 Å². The van der Waals surface area contributed by atoms with E-state index in [1.807, 2.05) is 18.2 Å². The van der Waals surface area contributed by atoms with Crippen molar-refractivity contribution in [3.63, 3.8) is 0 Å². The summed E-state index contributed by atoms with van der Waals surface area (Å²) in [5.41, 5.74) is 2.41. The molecule has 3 rings (SSSR count). The Kier molecular flexibility index (Phi) is 4.96. The van der Waals surface area contributed by atoms with Gasteiger partial charge >= 0.3 is 5.97 Å². The summed E-state index contributed by atoms with van der Waals surface area (Å²) in [5.74, 6) is 1.53. The van der Waals surface area contributed by atoms with Crippen molar-refractivity contribution in [1.29, 1.82) is 5.26 Å². The van der Waals surface area contributed by atoms with Crippen LogP contribution in [-0.4, -0.2) is 5.97 Å². The van der Waals surface area contributed by atoms with Crippen LogP contribution >= 0.6 is 0 Å². The lowest BCUT2D eigenvalue weighted by molar-refractivity contribution is 0.0734. The highest BCUT2D eigenvalue weighted by Crippen LogP contribution is 2.35. The zero-order valence-electron chi connectivity index (χ0n) is 13.9. The Hall–Kier alpha value is -2.60. The molecule has 1 saturated carbocycles. The molecule has 0 N–H and O–H groups in total. The molecule has 0 aromatic heterocycles. The van der Waals surface area contributed by atoms with Crippen molar-refractivity contribution in [1.82, 2.24) is 0 Å². The van der Waals surface area contributed by atoms with Gasteiger partial charge in [0.15, 0.2) is 0 Å². The van der Waals surface area contributed by atoms with E-state index in [9.17, 15) is 4.79 Å². The second-order valence-corrected chi connectivity index (χ2v) is 6.60. The van der Waals surface area contributed by atoms with E-state index in [0.717, 1.165) is 5.92 Å². The van der Waals surface area contributed by atoms with E-state index in [4.69, 9.17) is 10.00 Å². The fourth-order valence-electron chi connectivity index (χ4n) is 3.25. The van der Waals surface area contributed by atoms with Crippen molar-refractivity contribution < 1.29 is 9.53 Å². The van der Waals surface area contributed by atoms with Crippen LogP contribution in [0, 0.1) is 17.2 Å². The first-order chi connectivity index (χ1) is 11.7. The Morgan fingerprint density at radius 3 is 2.21 bits per heavy atom. The lowest BCUT2D eigenvalue weighted by atomic mass is 9.79. The number of carbonyl (C=O) groups excluding carboxylic acids is 1. The van der Waals surface area contributed by atoms with Gasteiger partial charge in [0.1, 0.15) is 5.75 Å². The normalized spacial score (nSPS) is 20.2. The van der Waals surface area contributed by atoms with Crippen LogP contribution in [0.2, 0.25) is 0 Å². The molecule has 1 fully saturated rings. The average Bonchev–Trinajstić information content (AvgIpc) is 2.63. The summed E-state index contributed by atoms with van der Waals surface area (Å²) < 4.78 is 5.35. The second kappa shape index (κ2) is 7.31. The van der Waals surface area contributed by atoms with Crippen molar-refractivity contribution in [3.8, 4) is 11.8 Å². The molecule has 0 amide bonds. The standard InChI is InChI=1S/C21H21NO2/c1-15-2-6-17(7-3-15)18-8-10-19(11-9-18)21(23)24-20-12-4-16(14-22)5-13-20/h4-5,8-13,15,17H,2-3,6-7H2,1H3. The number of carbonyl (C=O) groups is 1. The largest absolute Gasteiger partial charge is 0.423 e. The van der Waals surface area contributed by atoms with Gasteiger partial charge in [0.2, 0.25) is 0 Å². The highest BCUT2D eigenvalue weighted by atomic mass is 16.5. The van der Waals surface area contributed by atoms with Crippen LogP contribution in [-0.2, 0) is 0 Å². The number of nitrogens with zero attached hydrogens (tertiary/aromatic N) is 1. The Labute approximate surface area is 142 Å². The van der Waals surface area contributed by atoms with Crippen molar-refractivity contribution in [2.75, 3.05) is 0 Å². The minimum Gasteiger partial charge on any atom is -0.423 e. The van der Waals surface area contributed by atoms with Crippen LogP contribution in [0.4, 0.5) is 0 Å². The number of nitriles is 1. The Balaban J connectivity index is 1.64. The molecule has 24 heavy (non-hydrogen) atoms. The predicted molar refractivity (Wildman–Crippen MR) is 92.9 cm³/mol. The first-order valence-electron chi connectivity index (χ1n) is 8.48. The minimum absolute atomic E-state index is 0.372. The molecule has 0 atom stereocenters. The molecule has 0 unspecified atom stereocenters. The third kappa shape index (κ3) is 3.83. The van der Waals surface area contributed by atoms with Gasteiger partial charge in [-0.25, -0.2) is 4.79 Å². The lowest BCUT2D eigenvalue weighted by Gasteiger charge is -2.26. The van der Waals surface area contributed by atoms with Gasteiger partial charge < -0.3 is 4.74 Å². The average molecular weight is 319 g/mol. The maximum Gasteiger partial charge on any atom is 0.343 e. The van der Waals surface area contributed by atoms with E-state index >= 15 is 0 Å². The van der Waals surface area contributed by atoms with E-state index in [1.165, 1.54) is 31.2 Å². The lowest BCUT2D eigenvalue weighted by Crippen LogP contribution is -2.12. The molecule has 0 aliphatic heterocycles. The smallest absolute Gasteiger partial charge is 0.343 e. The van der Waals surface area contributed by atoms with Crippen LogP contribution in [0.25, 0.3) is 0 Å². The van der Waals surface area contributed by atoms with Gasteiger partial charge in [-0.1, -0.05) is 31.9 Å². The summed E-state index contributed by atoms with van der Waals surface area (Å²) in [5, 5.41) is 8.78. The Bertz CT molecular complexity index is 733. The third-order valence-electron chi connectivity index (χ3n) is 4.83. The van der Waals surface area contributed by atoms with Gasteiger partial charge in [0.25, 0.3) is 0 Å². The Morgan fingerprint density at radius 1 is 1.00 bits per heavy atom. The molecular formula is C21H21NO2. The van der Waals surface area contributed by atoms with Crippen LogP contribution in [0.3, 0.4) is 0 Å². The quantitative estimate of drug-likeness (QED) is 0.586. The maximum absolute atomic E-state index is 12.2. The van der Waals surface area contributed by atoms with Gasteiger partial charge in [0.05, 0.1) is 17.2 Å². The molecule has 0 bridgehead atoms. The first kappa shape index (κ1) is 16.3. The molecule has 3 nitrogen and oxygen atoms in total. The highest BCUT2D eigenvalue weighted by molar-refractivity contribution is 5.91. The molecule has 122 valence electrons. The van der Waals surface area contributed by atoms with Gasteiger partial charge in [-0.05, 0) is 66.6 Å². The number of benzene rings is 2. The Morgan fingerprint density at radius 2 is 1.62 bits per heavy atom. The van der Waals surface area contributed by atoms with Gasteiger partial charge in [-0.15, -0.1) is 0 Å². The summed E-state index contributed by atoms with van der Waals surface area (Å²) in [6.07, 6.45) is 5.03. The summed E-state index contributed by atoms with van der Waals surface area (Å²) >= 11 is 0. The molecule has 2 aromatic rings. The second-order valence-electron chi connectivity index (χ2n) is 6.60. The third-order valence-corrected chi connectivity index (χ3v) is 4.83. The first-order valence-corrected chi connectivity index (χ1v) is 8.48.